The van der Waals surface area contributed by atoms with E-state index < -0.39 is 11.6 Å². The van der Waals surface area contributed by atoms with Crippen LogP contribution in [0.5, 0.6) is 0 Å². The Morgan fingerprint density at radius 1 is 0.975 bits per heavy atom. The number of piperidine rings is 1. The van der Waals surface area contributed by atoms with Gasteiger partial charge >= 0.3 is 0 Å². The molecule has 8 nitrogen and oxygen atoms in total. The van der Waals surface area contributed by atoms with Gasteiger partial charge in [0, 0.05) is 44.2 Å². The Labute approximate surface area is 230 Å². The van der Waals surface area contributed by atoms with Gasteiger partial charge in [0.25, 0.3) is 0 Å². The molecule has 0 N–H and O–H groups in total. The Bertz CT molecular complexity index is 1670. The predicted octanol–water partition coefficient (Wildman–Crippen LogP) is 5.34. The molecule has 0 saturated carbocycles. The Hall–Kier alpha value is -4.54. The molecule has 0 aliphatic carbocycles. The van der Waals surface area contributed by atoms with E-state index in [0.29, 0.717) is 29.8 Å². The summed E-state index contributed by atoms with van der Waals surface area (Å²) < 4.78 is 37.7. The first-order valence-corrected chi connectivity index (χ1v) is 13.3. The van der Waals surface area contributed by atoms with Crippen LogP contribution >= 0.6 is 0 Å². The Balaban J connectivity index is 1.53. The van der Waals surface area contributed by atoms with E-state index in [1.165, 1.54) is 18.2 Å². The van der Waals surface area contributed by atoms with Crippen LogP contribution in [0.4, 0.5) is 20.2 Å². The minimum atomic E-state index is -0.690. The fourth-order valence-electron chi connectivity index (χ4n) is 5.74. The standard InChI is InChI=1S/C30H27F2N7O/c1-40-23-10-13-37(18-23)21-7-8-26(25(32)15-21)39-29(19-5-6-20(16-33)24(31)14-19)36-28-27(9-11-35-30(28)39)38-12-3-2-4-22(38)17-34/h5-9,11,14-15,22-23H,2-4,10,12-13,18H2,1H3/t22?,23-/m0/s1. The number of nitrogens with zero attached hydrogens (tertiary/aromatic N) is 7. The van der Waals surface area contributed by atoms with Crippen molar-refractivity contribution in [3.05, 3.63) is 65.9 Å². The molecule has 1 unspecified atom stereocenters. The lowest BCUT2D eigenvalue weighted by Crippen LogP contribution is -2.38. The van der Waals surface area contributed by atoms with Crippen LogP contribution in [0, 0.1) is 34.3 Å². The molecule has 0 bridgehead atoms. The average molecular weight is 540 g/mol. The molecule has 4 heterocycles. The molecule has 4 aromatic rings. The summed E-state index contributed by atoms with van der Waals surface area (Å²) in [5.41, 5.74) is 2.86. The number of hydrogen-bond donors (Lipinski definition) is 0. The lowest BCUT2D eigenvalue weighted by atomic mass is 10.0. The van der Waals surface area contributed by atoms with Crippen molar-refractivity contribution < 1.29 is 13.5 Å². The van der Waals surface area contributed by atoms with Crippen LogP contribution in [0.3, 0.4) is 0 Å². The number of rotatable bonds is 5. The SMILES string of the molecule is CO[C@H]1CCN(c2ccc(-n3c(-c4ccc(C#N)c(F)c4)nc4c(N5CCCCC5C#N)ccnc43)c(F)c2)C1. The number of anilines is 2. The van der Waals surface area contributed by atoms with Gasteiger partial charge in [-0.1, -0.05) is 0 Å². The summed E-state index contributed by atoms with van der Waals surface area (Å²) in [6.07, 6.45) is 5.25. The van der Waals surface area contributed by atoms with Crippen LogP contribution in [0.1, 0.15) is 31.2 Å². The first-order chi connectivity index (χ1) is 19.5. The lowest BCUT2D eigenvalue weighted by Gasteiger charge is -2.33. The zero-order valence-electron chi connectivity index (χ0n) is 22.0. The van der Waals surface area contributed by atoms with Gasteiger partial charge in [0.1, 0.15) is 35.1 Å². The smallest absolute Gasteiger partial charge is 0.167 e. The first-order valence-electron chi connectivity index (χ1n) is 13.3. The van der Waals surface area contributed by atoms with E-state index in [2.05, 4.69) is 16.0 Å². The van der Waals surface area contributed by atoms with E-state index in [-0.39, 0.29) is 29.2 Å². The van der Waals surface area contributed by atoms with Gasteiger partial charge < -0.3 is 14.5 Å². The van der Waals surface area contributed by atoms with Crippen molar-refractivity contribution in [3.8, 4) is 29.2 Å². The molecule has 0 radical (unpaired) electrons. The molecule has 0 amide bonds. The number of nitriles is 2. The highest BCUT2D eigenvalue weighted by molar-refractivity contribution is 5.91. The largest absolute Gasteiger partial charge is 0.380 e. The van der Waals surface area contributed by atoms with E-state index in [0.717, 1.165) is 43.6 Å². The van der Waals surface area contributed by atoms with Crippen LogP contribution in [-0.2, 0) is 4.74 Å². The molecule has 0 spiro atoms. The minimum Gasteiger partial charge on any atom is -0.380 e. The number of ether oxygens (including phenoxy) is 1. The molecule has 2 aromatic carbocycles. The molecule has 2 fully saturated rings. The number of pyridine rings is 1. The fraction of sp³-hybridized carbons (Fsp3) is 0.333. The van der Waals surface area contributed by atoms with E-state index in [1.807, 2.05) is 23.1 Å². The summed E-state index contributed by atoms with van der Waals surface area (Å²) in [6, 6.07) is 15.0. The predicted molar refractivity (Wildman–Crippen MR) is 147 cm³/mol. The highest BCUT2D eigenvalue weighted by atomic mass is 19.1. The maximum atomic E-state index is 15.9. The van der Waals surface area contributed by atoms with E-state index >= 15 is 4.39 Å². The third-order valence-electron chi connectivity index (χ3n) is 7.85. The third-order valence-corrected chi connectivity index (χ3v) is 7.85. The van der Waals surface area contributed by atoms with Gasteiger partial charge in [-0.3, -0.25) is 4.57 Å². The topological polar surface area (TPSA) is 94.0 Å². The molecular weight excluding hydrogens is 512 g/mol. The van der Waals surface area contributed by atoms with Gasteiger partial charge in [0.2, 0.25) is 0 Å². The van der Waals surface area contributed by atoms with Crippen LogP contribution in [0.2, 0.25) is 0 Å². The van der Waals surface area contributed by atoms with E-state index in [1.54, 1.807) is 30.0 Å². The van der Waals surface area contributed by atoms with Crippen LogP contribution in [0.15, 0.2) is 48.7 Å². The van der Waals surface area contributed by atoms with Gasteiger partial charge in [-0.2, -0.15) is 10.5 Å². The zero-order valence-corrected chi connectivity index (χ0v) is 22.0. The van der Waals surface area contributed by atoms with Crippen molar-refractivity contribution >= 4 is 22.5 Å². The summed E-state index contributed by atoms with van der Waals surface area (Å²) >= 11 is 0. The average Bonchev–Trinajstić information content (AvgIpc) is 3.62. The van der Waals surface area contributed by atoms with Crippen LogP contribution < -0.4 is 9.80 Å². The van der Waals surface area contributed by atoms with Gasteiger partial charge in [-0.25, -0.2) is 18.7 Å². The monoisotopic (exact) mass is 539 g/mol. The first kappa shape index (κ1) is 25.7. The van der Waals surface area contributed by atoms with Crippen molar-refractivity contribution in [1.29, 1.82) is 10.5 Å². The van der Waals surface area contributed by atoms with E-state index in [4.69, 9.17) is 9.72 Å². The normalized spacial score (nSPS) is 19.1. The molecule has 2 aliphatic heterocycles. The molecule has 202 valence electrons. The number of fused-ring (bicyclic) bond motifs is 1. The van der Waals surface area contributed by atoms with Crippen LogP contribution in [-0.4, -0.2) is 53.4 Å². The Morgan fingerprint density at radius 2 is 1.85 bits per heavy atom. The van der Waals surface area contributed by atoms with Gasteiger partial charge in [-0.15, -0.1) is 0 Å². The van der Waals surface area contributed by atoms with Crippen molar-refractivity contribution in [3.63, 3.8) is 0 Å². The minimum absolute atomic E-state index is 0.0917. The Morgan fingerprint density at radius 3 is 2.58 bits per heavy atom. The maximum Gasteiger partial charge on any atom is 0.167 e. The number of halogens is 2. The van der Waals surface area contributed by atoms with Crippen molar-refractivity contribution in [2.24, 2.45) is 0 Å². The van der Waals surface area contributed by atoms with E-state index in [9.17, 15) is 14.9 Å². The molecule has 2 atom stereocenters. The molecule has 6 rings (SSSR count). The molecule has 10 heteroatoms. The number of benzene rings is 2. The van der Waals surface area contributed by atoms with Crippen molar-refractivity contribution in [2.75, 3.05) is 36.5 Å². The lowest BCUT2D eigenvalue weighted by molar-refractivity contribution is 0.121. The number of imidazole rings is 1. The zero-order chi connectivity index (χ0) is 27.8. The van der Waals surface area contributed by atoms with Gasteiger partial charge in [0.15, 0.2) is 5.65 Å². The molecule has 40 heavy (non-hydrogen) atoms. The second-order valence-electron chi connectivity index (χ2n) is 10.1. The molecular formula is C30H27F2N7O. The van der Waals surface area contributed by atoms with Gasteiger partial charge in [-0.05, 0) is 68.1 Å². The third kappa shape index (κ3) is 4.41. The fourth-order valence-corrected chi connectivity index (χ4v) is 5.74. The number of hydrogen-bond acceptors (Lipinski definition) is 7. The summed E-state index contributed by atoms with van der Waals surface area (Å²) in [4.78, 5) is 13.6. The second kappa shape index (κ2) is 10.6. The highest BCUT2D eigenvalue weighted by Gasteiger charge is 2.28. The molecule has 2 aromatic heterocycles. The van der Waals surface area contributed by atoms with Crippen molar-refractivity contribution in [2.45, 2.75) is 37.8 Å². The maximum absolute atomic E-state index is 15.9. The summed E-state index contributed by atoms with van der Waals surface area (Å²) in [5, 5.41) is 19.0. The molecule has 2 aliphatic rings. The summed E-state index contributed by atoms with van der Waals surface area (Å²) in [7, 11) is 1.68. The van der Waals surface area contributed by atoms with Crippen molar-refractivity contribution in [1.82, 2.24) is 14.5 Å². The summed E-state index contributed by atoms with van der Waals surface area (Å²) in [6.45, 7) is 2.13. The summed E-state index contributed by atoms with van der Waals surface area (Å²) in [5.74, 6) is -0.880. The highest BCUT2D eigenvalue weighted by Crippen LogP contribution is 2.36. The molecule has 2 saturated heterocycles. The second-order valence-corrected chi connectivity index (χ2v) is 10.1. The number of aromatic nitrogens is 3. The number of methoxy groups -OCH3 is 1. The van der Waals surface area contributed by atoms with Crippen LogP contribution in [0.25, 0.3) is 28.2 Å². The Kier molecular flexibility index (Phi) is 6.79. The quantitative estimate of drug-likeness (QED) is 0.338. The van der Waals surface area contributed by atoms with Gasteiger partial charge in [0.05, 0.1) is 29.1 Å².